The first-order valence-corrected chi connectivity index (χ1v) is 7.23. The summed E-state index contributed by atoms with van der Waals surface area (Å²) in [6.07, 6.45) is -0.345. The highest BCUT2D eigenvalue weighted by atomic mass is 35.5. The van der Waals surface area contributed by atoms with Crippen LogP contribution < -0.4 is 5.32 Å². The Morgan fingerprint density at radius 1 is 0.955 bits per heavy atom. The molecule has 114 valence electrons. The second-order valence-corrected chi connectivity index (χ2v) is 5.13. The first kappa shape index (κ1) is 16.0. The minimum absolute atomic E-state index is 0.140. The van der Waals surface area contributed by atoms with E-state index in [1.807, 2.05) is 60.7 Å². The molecular formula is C17H16ClNO3. The molecule has 0 radical (unpaired) electrons. The molecule has 0 aromatic heterocycles. The number of hydrogen-bond acceptors (Lipinski definition) is 3. The van der Waals surface area contributed by atoms with E-state index in [9.17, 15) is 9.59 Å². The summed E-state index contributed by atoms with van der Waals surface area (Å²) in [6, 6.07) is 17.8. The topological polar surface area (TPSA) is 55.4 Å². The van der Waals surface area contributed by atoms with E-state index in [-0.39, 0.29) is 6.61 Å². The Hall–Kier alpha value is -2.33. The molecule has 5 heteroatoms. The number of amides is 1. The molecule has 0 saturated heterocycles. The highest BCUT2D eigenvalue weighted by molar-refractivity contribution is 6.64. The molecule has 2 aromatic carbocycles. The van der Waals surface area contributed by atoms with Crippen LogP contribution in [0.1, 0.15) is 11.1 Å². The van der Waals surface area contributed by atoms with Gasteiger partial charge in [-0.25, -0.2) is 4.79 Å². The summed E-state index contributed by atoms with van der Waals surface area (Å²) in [7, 11) is 0. The van der Waals surface area contributed by atoms with Crippen molar-refractivity contribution < 1.29 is 14.3 Å². The number of hydrogen-bond donors (Lipinski definition) is 1. The molecule has 0 spiro atoms. The number of halogens is 1. The summed E-state index contributed by atoms with van der Waals surface area (Å²) in [5.41, 5.74) is 1.78. The lowest BCUT2D eigenvalue weighted by Crippen LogP contribution is -2.40. The van der Waals surface area contributed by atoms with Crippen molar-refractivity contribution in [2.24, 2.45) is 0 Å². The third-order valence-corrected chi connectivity index (χ3v) is 3.32. The Morgan fingerprint density at radius 3 is 2.05 bits per heavy atom. The molecule has 1 atom stereocenters. The zero-order chi connectivity index (χ0) is 15.8. The number of benzene rings is 2. The summed E-state index contributed by atoms with van der Waals surface area (Å²) in [4.78, 5) is 23.2. The predicted octanol–water partition coefficient (Wildman–Crippen LogP) is 3.29. The Bertz CT molecular complexity index is 616. The van der Waals surface area contributed by atoms with Crippen molar-refractivity contribution in [1.29, 1.82) is 0 Å². The van der Waals surface area contributed by atoms with Gasteiger partial charge in [-0.1, -0.05) is 60.7 Å². The van der Waals surface area contributed by atoms with Crippen LogP contribution in [0.25, 0.3) is 0 Å². The van der Waals surface area contributed by atoms with Gasteiger partial charge in [0.1, 0.15) is 12.6 Å². The fourth-order valence-corrected chi connectivity index (χ4v) is 2.08. The molecule has 4 nitrogen and oxygen atoms in total. The third-order valence-electron chi connectivity index (χ3n) is 3.06. The monoisotopic (exact) mass is 317 g/mol. The van der Waals surface area contributed by atoms with Crippen molar-refractivity contribution in [3.05, 3.63) is 71.8 Å². The number of rotatable bonds is 6. The second kappa shape index (κ2) is 8.20. The zero-order valence-electron chi connectivity index (χ0n) is 11.9. The lowest BCUT2D eigenvalue weighted by atomic mass is 10.1. The number of carbonyl (C=O) groups is 2. The van der Waals surface area contributed by atoms with E-state index in [1.165, 1.54) is 0 Å². The van der Waals surface area contributed by atoms with Gasteiger partial charge in [-0.2, -0.15) is 0 Å². The van der Waals surface area contributed by atoms with E-state index in [0.717, 1.165) is 11.1 Å². The van der Waals surface area contributed by atoms with Crippen LogP contribution in [-0.2, 0) is 22.6 Å². The summed E-state index contributed by atoms with van der Waals surface area (Å²) in [5.74, 6) is 0. The van der Waals surface area contributed by atoms with Gasteiger partial charge in [-0.05, 0) is 22.7 Å². The number of carbonyl (C=O) groups excluding carboxylic acids is 2. The molecule has 22 heavy (non-hydrogen) atoms. The molecule has 0 aliphatic rings. The smallest absolute Gasteiger partial charge is 0.408 e. The van der Waals surface area contributed by atoms with Crippen LogP contribution in [0.15, 0.2) is 60.7 Å². The maximum atomic E-state index is 11.8. The molecule has 1 N–H and O–H groups in total. The molecule has 0 aliphatic carbocycles. The van der Waals surface area contributed by atoms with Crippen molar-refractivity contribution in [2.45, 2.75) is 19.1 Å². The fraction of sp³-hybridized carbons (Fsp3) is 0.176. The molecular weight excluding hydrogens is 302 g/mol. The van der Waals surface area contributed by atoms with Crippen molar-refractivity contribution >= 4 is 22.9 Å². The first-order chi connectivity index (χ1) is 10.6. The Balaban J connectivity index is 1.88. The molecule has 0 fully saturated rings. The number of ether oxygens (including phenoxy) is 1. The average molecular weight is 318 g/mol. The predicted molar refractivity (Wildman–Crippen MR) is 84.6 cm³/mol. The van der Waals surface area contributed by atoms with Gasteiger partial charge in [-0.3, -0.25) is 4.79 Å². The molecule has 0 heterocycles. The Labute approximate surface area is 134 Å². The van der Waals surface area contributed by atoms with Crippen LogP contribution in [0, 0.1) is 0 Å². The van der Waals surface area contributed by atoms with Gasteiger partial charge in [0, 0.05) is 6.42 Å². The number of alkyl carbamates (subject to hydrolysis) is 1. The van der Waals surface area contributed by atoms with E-state index < -0.39 is 17.4 Å². The maximum absolute atomic E-state index is 11.8. The standard InChI is InChI=1S/C17H16ClNO3/c18-16(20)15(11-13-7-3-1-4-8-13)19-17(21)22-12-14-9-5-2-6-10-14/h1-10,15H,11-12H2,(H,19,21). The summed E-state index contributed by atoms with van der Waals surface area (Å²) >= 11 is 5.55. The SMILES string of the molecule is O=C(NC(Cc1ccccc1)C(=O)Cl)OCc1ccccc1. The quantitative estimate of drug-likeness (QED) is 0.832. The molecule has 1 amide bonds. The van der Waals surface area contributed by atoms with Crippen LogP contribution in [0.2, 0.25) is 0 Å². The van der Waals surface area contributed by atoms with Crippen molar-refractivity contribution in [3.8, 4) is 0 Å². The summed E-state index contributed by atoms with van der Waals surface area (Å²) in [5, 5.41) is 1.87. The second-order valence-electron chi connectivity index (χ2n) is 4.75. The van der Waals surface area contributed by atoms with Gasteiger partial charge in [0.25, 0.3) is 0 Å². The highest BCUT2D eigenvalue weighted by Crippen LogP contribution is 2.07. The van der Waals surface area contributed by atoms with Gasteiger partial charge in [-0.15, -0.1) is 0 Å². The van der Waals surface area contributed by atoms with E-state index in [0.29, 0.717) is 6.42 Å². The molecule has 0 aliphatic heterocycles. The van der Waals surface area contributed by atoms with Crippen molar-refractivity contribution in [1.82, 2.24) is 5.32 Å². The maximum Gasteiger partial charge on any atom is 0.408 e. The lowest BCUT2D eigenvalue weighted by Gasteiger charge is -2.15. The lowest BCUT2D eigenvalue weighted by molar-refractivity contribution is -0.113. The molecule has 2 rings (SSSR count). The van der Waals surface area contributed by atoms with Gasteiger partial charge in [0.2, 0.25) is 5.24 Å². The van der Waals surface area contributed by atoms with Crippen LogP contribution in [0.4, 0.5) is 4.79 Å². The minimum Gasteiger partial charge on any atom is -0.445 e. The van der Waals surface area contributed by atoms with Crippen molar-refractivity contribution in [3.63, 3.8) is 0 Å². The Morgan fingerprint density at radius 2 is 1.50 bits per heavy atom. The van der Waals surface area contributed by atoms with E-state index >= 15 is 0 Å². The zero-order valence-corrected chi connectivity index (χ0v) is 12.6. The largest absolute Gasteiger partial charge is 0.445 e. The molecule has 0 bridgehead atoms. The Kier molecular flexibility index (Phi) is 5.98. The van der Waals surface area contributed by atoms with E-state index in [1.54, 1.807) is 0 Å². The minimum atomic E-state index is -0.813. The van der Waals surface area contributed by atoms with Crippen LogP contribution in [0.5, 0.6) is 0 Å². The highest BCUT2D eigenvalue weighted by Gasteiger charge is 2.20. The van der Waals surface area contributed by atoms with Crippen LogP contribution >= 0.6 is 11.6 Å². The van der Waals surface area contributed by atoms with Gasteiger partial charge in [0.15, 0.2) is 0 Å². The summed E-state index contributed by atoms with van der Waals surface area (Å²) < 4.78 is 5.09. The van der Waals surface area contributed by atoms with E-state index in [2.05, 4.69) is 5.32 Å². The molecule has 0 saturated carbocycles. The normalized spacial score (nSPS) is 11.5. The average Bonchev–Trinajstić information content (AvgIpc) is 2.54. The van der Waals surface area contributed by atoms with E-state index in [4.69, 9.17) is 16.3 Å². The summed E-state index contributed by atoms with van der Waals surface area (Å²) in [6.45, 7) is 0.140. The fourth-order valence-electron chi connectivity index (χ4n) is 1.94. The van der Waals surface area contributed by atoms with Gasteiger partial charge >= 0.3 is 6.09 Å². The van der Waals surface area contributed by atoms with Crippen LogP contribution in [0.3, 0.4) is 0 Å². The third kappa shape index (κ3) is 5.22. The van der Waals surface area contributed by atoms with Gasteiger partial charge < -0.3 is 10.1 Å². The van der Waals surface area contributed by atoms with Crippen molar-refractivity contribution in [2.75, 3.05) is 0 Å². The van der Waals surface area contributed by atoms with Gasteiger partial charge in [0.05, 0.1) is 0 Å². The van der Waals surface area contributed by atoms with Crippen LogP contribution in [-0.4, -0.2) is 17.4 Å². The molecule has 2 aromatic rings. The number of nitrogens with one attached hydrogen (secondary N) is 1. The first-order valence-electron chi connectivity index (χ1n) is 6.85. The molecule has 1 unspecified atom stereocenters.